The summed E-state index contributed by atoms with van der Waals surface area (Å²) in [5, 5.41) is 18.3. The molecule has 8 heteroatoms. The summed E-state index contributed by atoms with van der Waals surface area (Å²) in [7, 11) is 1.56. The Morgan fingerprint density at radius 2 is 1.92 bits per heavy atom. The molecule has 1 aromatic heterocycles. The van der Waals surface area contributed by atoms with E-state index < -0.39 is 0 Å². The maximum absolute atomic E-state index is 13.0. The summed E-state index contributed by atoms with van der Waals surface area (Å²) in [4.78, 5) is 13.0. The van der Waals surface area contributed by atoms with Crippen LogP contribution in [0, 0.1) is 0 Å². The molecule has 0 fully saturated rings. The molecule has 26 heavy (non-hydrogen) atoms. The Hall–Kier alpha value is -2.70. The zero-order valence-electron chi connectivity index (χ0n) is 13.6. The SMILES string of the molecule is COc1ccc(-n2nc(O)c3c(c2=O)Cc2c(Cl)cc(Cl)cc2N3)cc1. The first-order valence-electron chi connectivity index (χ1n) is 7.72. The largest absolute Gasteiger partial charge is 0.497 e. The zero-order chi connectivity index (χ0) is 18.4. The molecular formula is C18H13Cl2N3O3. The maximum Gasteiger partial charge on any atom is 0.277 e. The molecule has 0 bridgehead atoms. The van der Waals surface area contributed by atoms with Crippen molar-refractivity contribution in [3.8, 4) is 17.3 Å². The normalized spacial score (nSPS) is 12.1. The molecule has 0 amide bonds. The lowest BCUT2D eigenvalue weighted by atomic mass is 9.99. The van der Waals surface area contributed by atoms with Gasteiger partial charge in [-0.15, -0.1) is 5.10 Å². The van der Waals surface area contributed by atoms with Crippen molar-refractivity contribution in [1.29, 1.82) is 0 Å². The molecule has 4 rings (SSSR count). The second-order valence-electron chi connectivity index (χ2n) is 5.81. The van der Waals surface area contributed by atoms with Crippen LogP contribution < -0.4 is 15.6 Å². The number of rotatable bonds is 2. The van der Waals surface area contributed by atoms with Gasteiger partial charge < -0.3 is 15.2 Å². The number of fused-ring (bicyclic) bond motifs is 2. The van der Waals surface area contributed by atoms with E-state index in [0.29, 0.717) is 32.7 Å². The minimum atomic E-state index is -0.341. The molecule has 0 saturated heterocycles. The molecule has 0 spiro atoms. The number of nitrogens with one attached hydrogen (secondary N) is 1. The minimum absolute atomic E-state index is 0.263. The van der Waals surface area contributed by atoms with Crippen molar-refractivity contribution in [3.63, 3.8) is 0 Å². The second kappa shape index (κ2) is 6.23. The third-order valence-corrected chi connectivity index (χ3v) is 4.82. The first-order valence-corrected chi connectivity index (χ1v) is 8.48. The van der Waals surface area contributed by atoms with Gasteiger partial charge in [-0.25, -0.2) is 0 Å². The highest BCUT2D eigenvalue weighted by Crippen LogP contribution is 2.40. The van der Waals surface area contributed by atoms with E-state index in [1.54, 1.807) is 43.5 Å². The number of hydrogen-bond donors (Lipinski definition) is 2. The monoisotopic (exact) mass is 389 g/mol. The highest BCUT2D eigenvalue weighted by molar-refractivity contribution is 6.35. The number of aromatic nitrogens is 2. The third-order valence-electron chi connectivity index (χ3n) is 4.26. The molecule has 0 atom stereocenters. The molecule has 2 N–H and O–H groups in total. The lowest BCUT2D eigenvalue weighted by Gasteiger charge is -2.23. The van der Waals surface area contributed by atoms with Crippen molar-refractivity contribution in [3.05, 3.63) is 67.9 Å². The van der Waals surface area contributed by atoms with Crippen LogP contribution in [0.5, 0.6) is 11.6 Å². The summed E-state index contributed by atoms with van der Waals surface area (Å²) in [6, 6.07) is 10.1. The highest BCUT2D eigenvalue weighted by Gasteiger charge is 2.26. The summed E-state index contributed by atoms with van der Waals surface area (Å²) < 4.78 is 6.28. The number of ether oxygens (including phenoxy) is 1. The van der Waals surface area contributed by atoms with Gasteiger partial charge in [0.15, 0.2) is 0 Å². The van der Waals surface area contributed by atoms with Crippen LogP contribution in [0.4, 0.5) is 11.4 Å². The first kappa shape index (κ1) is 16.8. The number of anilines is 2. The molecule has 0 aliphatic carbocycles. The second-order valence-corrected chi connectivity index (χ2v) is 6.65. The van der Waals surface area contributed by atoms with E-state index in [1.807, 2.05) is 0 Å². The molecule has 1 aliphatic rings. The van der Waals surface area contributed by atoms with E-state index in [9.17, 15) is 9.90 Å². The number of nitrogens with zero attached hydrogens (tertiary/aromatic N) is 2. The van der Waals surface area contributed by atoms with E-state index in [0.717, 1.165) is 10.2 Å². The summed E-state index contributed by atoms with van der Waals surface area (Å²) in [6.07, 6.45) is 0.263. The van der Waals surface area contributed by atoms with Crippen molar-refractivity contribution in [1.82, 2.24) is 9.78 Å². The van der Waals surface area contributed by atoms with Gasteiger partial charge in [-0.1, -0.05) is 23.2 Å². The quantitative estimate of drug-likeness (QED) is 0.543. The Morgan fingerprint density at radius 1 is 1.19 bits per heavy atom. The average molecular weight is 390 g/mol. The molecular weight excluding hydrogens is 377 g/mol. The van der Waals surface area contributed by atoms with Crippen LogP contribution in [0.15, 0.2) is 41.2 Å². The summed E-state index contributed by atoms with van der Waals surface area (Å²) >= 11 is 12.3. The summed E-state index contributed by atoms with van der Waals surface area (Å²) in [5.41, 5.74) is 2.21. The van der Waals surface area contributed by atoms with Crippen molar-refractivity contribution >= 4 is 34.6 Å². The lowest BCUT2D eigenvalue weighted by Crippen LogP contribution is -2.28. The van der Waals surface area contributed by atoms with Crippen LogP contribution in [0.3, 0.4) is 0 Å². The zero-order valence-corrected chi connectivity index (χ0v) is 15.1. The predicted octanol–water partition coefficient (Wildman–Crippen LogP) is 3.90. The van der Waals surface area contributed by atoms with Gasteiger partial charge >= 0.3 is 0 Å². The lowest BCUT2D eigenvalue weighted by molar-refractivity contribution is 0.414. The summed E-state index contributed by atoms with van der Waals surface area (Å²) in [5.74, 6) is 0.375. The van der Waals surface area contributed by atoms with Gasteiger partial charge in [0, 0.05) is 22.2 Å². The van der Waals surface area contributed by atoms with Gasteiger partial charge in [0.05, 0.1) is 18.4 Å². The Kier molecular flexibility index (Phi) is 4.01. The van der Waals surface area contributed by atoms with E-state index in [2.05, 4.69) is 10.4 Å². The number of methoxy groups -OCH3 is 1. The highest BCUT2D eigenvalue weighted by atomic mass is 35.5. The number of benzene rings is 2. The van der Waals surface area contributed by atoms with Crippen molar-refractivity contribution in [2.75, 3.05) is 12.4 Å². The molecule has 6 nitrogen and oxygen atoms in total. The topological polar surface area (TPSA) is 76.4 Å². The molecule has 1 aliphatic heterocycles. The fourth-order valence-corrected chi connectivity index (χ4v) is 3.52. The van der Waals surface area contributed by atoms with Gasteiger partial charge in [-0.2, -0.15) is 4.68 Å². The number of halogens is 2. The average Bonchev–Trinajstić information content (AvgIpc) is 2.63. The van der Waals surface area contributed by atoms with Crippen molar-refractivity contribution < 1.29 is 9.84 Å². The standard InChI is InChI=1S/C18H13Cl2N3O3/c1-26-11-4-2-10(3-5-11)23-18(25)13-8-12-14(20)6-9(19)7-15(12)21-16(13)17(24)22-23/h2-7,21H,8H2,1H3,(H,22,24). The third kappa shape index (κ3) is 2.67. The fourth-order valence-electron chi connectivity index (χ4n) is 2.96. The minimum Gasteiger partial charge on any atom is -0.497 e. The Bertz CT molecular complexity index is 1080. The van der Waals surface area contributed by atoms with Crippen molar-refractivity contribution in [2.45, 2.75) is 6.42 Å². The summed E-state index contributed by atoms with van der Waals surface area (Å²) in [6.45, 7) is 0. The molecule has 3 aromatic rings. The van der Waals surface area contributed by atoms with Gasteiger partial charge in [0.25, 0.3) is 11.4 Å². The van der Waals surface area contributed by atoms with E-state index >= 15 is 0 Å². The predicted molar refractivity (Wildman–Crippen MR) is 101 cm³/mol. The van der Waals surface area contributed by atoms with Crippen LogP contribution in [0.1, 0.15) is 11.1 Å². The van der Waals surface area contributed by atoms with Crippen LogP contribution in [-0.4, -0.2) is 22.0 Å². The van der Waals surface area contributed by atoms with Crippen LogP contribution in [-0.2, 0) is 6.42 Å². The molecule has 132 valence electrons. The van der Waals surface area contributed by atoms with Crippen LogP contribution in [0.25, 0.3) is 5.69 Å². The molecule has 0 unspecified atom stereocenters. The molecule has 0 radical (unpaired) electrons. The molecule has 2 aromatic carbocycles. The smallest absolute Gasteiger partial charge is 0.277 e. The van der Waals surface area contributed by atoms with E-state index in [4.69, 9.17) is 27.9 Å². The Balaban J connectivity index is 1.86. The van der Waals surface area contributed by atoms with Crippen LogP contribution in [0.2, 0.25) is 10.0 Å². The number of aromatic hydroxyl groups is 1. The van der Waals surface area contributed by atoms with Crippen LogP contribution >= 0.6 is 23.2 Å². The first-order chi connectivity index (χ1) is 12.5. The Labute approximate surface area is 158 Å². The maximum atomic E-state index is 13.0. The van der Waals surface area contributed by atoms with Gasteiger partial charge in [0.1, 0.15) is 11.4 Å². The van der Waals surface area contributed by atoms with Gasteiger partial charge in [0.2, 0.25) is 0 Å². The van der Waals surface area contributed by atoms with Gasteiger partial charge in [-0.05, 0) is 42.0 Å². The van der Waals surface area contributed by atoms with Crippen molar-refractivity contribution in [2.24, 2.45) is 0 Å². The fraction of sp³-hybridized carbons (Fsp3) is 0.111. The number of hydrogen-bond acceptors (Lipinski definition) is 5. The van der Waals surface area contributed by atoms with E-state index in [-0.39, 0.29) is 23.5 Å². The molecule has 0 saturated carbocycles. The van der Waals surface area contributed by atoms with Gasteiger partial charge in [-0.3, -0.25) is 4.79 Å². The Morgan fingerprint density at radius 3 is 2.62 bits per heavy atom. The van der Waals surface area contributed by atoms with E-state index in [1.165, 1.54) is 0 Å². The molecule has 2 heterocycles.